The maximum Gasteiger partial charge on any atom is 0.100 e. The second-order valence-electron chi connectivity index (χ2n) is 6.66. The normalized spacial score (nSPS) is 14.2. The van der Waals surface area contributed by atoms with E-state index in [1.165, 1.54) is 77.0 Å². The molecule has 3 nitrogen and oxygen atoms in total. The molecule has 22 heavy (non-hydrogen) atoms. The highest BCUT2D eigenvalue weighted by Crippen LogP contribution is 2.13. The van der Waals surface area contributed by atoms with E-state index in [4.69, 9.17) is 9.84 Å². The molecule has 0 spiro atoms. The van der Waals surface area contributed by atoms with Gasteiger partial charge in [-0.05, 0) is 13.3 Å². The molecule has 0 saturated heterocycles. The number of ether oxygens (including phenoxy) is 1. The van der Waals surface area contributed by atoms with Crippen molar-refractivity contribution in [1.82, 2.24) is 0 Å². The van der Waals surface area contributed by atoms with Crippen LogP contribution in [0.4, 0.5) is 0 Å². The Hall–Kier alpha value is -0.120. The lowest BCUT2D eigenvalue weighted by atomic mass is 10.0. The summed E-state index contributed by atoms with van der Waals surface area (Å²) >= 11 is 0. The zero-order valence-electron chi connectivity index (χ0n) is 15.1. The lowest BCUT2D eigenvalue weighted by Crippen LogP contribution is -2.22. The zero-order chi connectivity index (χ0) is 16.5. The fourth-order valence-corrected chi connectivity index (χ4v) is 2.68. The Balaban J connectivity index is 3.13. The van der Waals surface area contributed by atoms with Crippen LogP contribution in [0.5, 0.6) is 0 Å². The topological polar surface area (TPSA) is 49.7 Å². The lowest BCUT2D eigenvalue weighted by molar-refractivity contribution is -0.0254. The fourth-order valence-electron chi connectivity index (χ4n) is 2.68. The fraction of sp³-hybridized carbons (Fsp3) is 1.00. The summed E-state index contributed by atoms with van der Waals surface area (Å²) in [5.41, 5.74) is 0. The molecule has 0 fully saturated rings. The van der Waals surface area contributed by atoms with E-state index in [0.717, 1.165) is 6.42 Å². The molecule has 2 atom stereocenters. The smallest absolute Gasteiger partial charge is 0.100 e. The van der Waals surface area contributed by atoms with Crippen LogP contribution in [0.2, 0.25) is 0 Å². The van der Waals surface area contributed by atoms with Gasteiger partial charge in [-0.3, -0.25) is 0 Å². The minimum absolute atomic E-state index is 0.185. The summed E-state index contributed by atoms with van der Waals surface area (Å²) in [6.45, 7) is 4.34. The quantitative estimate of drug-likeness (QED) is 0.378. The summed E-state index contributed by atoms with van der Waals surface area (Å²) < 4.78 is 5.48. The highest BCUT2D eigenvalue weighted by molar-refractivity contribution is 4.56. The SMILES string of the molecule is CCCCCCCCCCCCCCC(C)OC[C@H](O)CO. The molecule has 2 N–H and O–H groups in total. The molecule has 0 aliphatic carbocycles. The second-order valence-corrected chi connectivity index (χ2v) is 6.66. The molecular weight excluding hydrogens is 276 g/mol. The highest BCUT2D eigenvalue weighted by Gasteiger charge is 2.06. The predicted octanol–water partition coefficient (Wildman–Crippen LogP) is 4.84. The average molecular weight is 317 g/mol. The molecular formula is C19H40O3. The first-order valence-electron chi connectivity index (χ1n) is 9.61. The largest absolute Gasteiger partial charge is 0.394 e. The third kappa shape index (κ3) is 16.3. The van der Waals surface area contributed by atoms with Crippen LogP contribution in [-0.2, 0) is 4.74 Å². The summed E-state index contributed by atoms with van der Waals surface area (Å²) in [4.78, 5) is 0. The Kier molecular flexibility index (Phi) is 17.1. The first-order chi connectivity index (χ1) is 10.7. The zero-order valence-corrected chi connectivity index (χ0v) is 15.1. The van der Waals surface area contributed by atoms with Crippen LogP contribution in [0.25, 0.3) is 0 Å². The number of unbranched alkanes of at least 4 members (excludes halogenated alkanes) is 11. The van der Waals surface area contributed by atoms with E-state index in [2.05, 4.69) is 6.92 Å². The molecule has 0 aromatic carbocycles. The van der Waals surface area contributed by atoms with Crippen LogP contribution >= 0.6 is 0 Å². The average Bonchev–Trinajstić information content (AvgIpc) is 2.53. The maximum absolute atomic E-state index is 9.20. The van der Waals surface area contributed by atoms with Gasteiger partial charge in [-0.2, -0.15) is 0 Å². The van der Waals surface area contributed by atoms with Gasteiger partial charge in [-0.1, -0.05) is 84.0 Å². The maximum atomic E-state index is 9.20. The van der Waals surface area contributed by atoms with Crippen molar-refractivity contribution in [2.45, 2.75) is 110 Å². The van der Waals surface area contributed by atoms with Gasteiger partial charge in [0.15, 0.2) is 0 Å². The Morgan fingerprint density at radius 2 is 1.23 bits per heavy atom. The van der Waals surface area contributed by atoms with Crippen molar-refractivity contribution >= 4 is 0 Å². The van der Waals surface area contributed by atoms with Crippen molar-refractivity contribution in [3.8, 4) is 0 Å². The van der Waals surface area contributed by atoms with E-state index >= 15 is 0 Å². The molecule has 0 aromatic rings. The van der Waals surface area contributed by atoms with Gasteiger partial charge in [0, 0.05) is 0 Å². The molecule has 0 rings (SSSR count). The van der Waals surface area contributed by atoms with E-state index in [1.807, 2.05) is 6.92 Å². The first kappa shape index (κ1) is 21.9. The first-order valence-corrected chi connectivity index (χ1v) is 9.61. The van der Waals surface area contributed by atoms with E-state index in [0.29, 0.717) is 0 Å². The molecule has 0 bridgehead atoms. The molecule has 0 saturated carbocycles. The van der Waals surface area contributed by atoms with Crippen molar-refractivity contribution in [1.29, 1.82) is 0 Å². The van der Waals surface area contributed by atoms with Crippen molar-refractivity contribution in [2.75, 3.05) is 13.2 Å². The molecule has 0 heterocycles. The molecule has 3 heteroatoms. The van der Waals surface area contributed by atoms with E-state index in [1.54, 1.807) is 0 Å². The molecule has 0 radical (unpaired) electrons. The molecule has 0 aliphatic heterocycles. The molecule has 0 aromatic heterocycles. The van der Waals surface area contributed by atoms with Crippen LogP contribution in [0.1, 0.15) is 97.3 Å². The van der Waals surface area contributed by atoms with Gasteiger partial charge < -0.3 is 14.9 Å². The van der Waals surface area contributed by atoms with E-state index in [9.17, 15) is 5.11 Å². The minimum atomic E-state index is -0.732. The highest BCUT2D eigenvalue weighted by atomic mass is 16.5. The molecule has 0 amide bonds. The summed E-state index contributed by atoms with van der Waals surface area (Å²) in [7, 11) is 0. The van der Waals surface area contributed by atoms with Crippen molar-refractivity contribution < 1.29 is 14.9 Å². The van der Waals surface area contributed by atoms with Gasteiger partial charge in [0.25, 0.3) is 0 Å². The van der Waals surface area contributed by atoms with Crippen LogP contribution in [0.15, 0.2) is 0 Å². The van der Waals surface area contributed by atoms with Crippen molar-refractivity contribution in [3.63, 3.8) is 0 Å². The van der Waals surface area contributed by atoms with Gasteiger partial charge in [0.1, 0.15) is 6.10 Å². The van der Waals surface area contributed by atoms with Crippen LogP contribution in [0, 0.1) is 0 Å². The van der Waals surface area contributed by atoms with Crippen LogP contribution < -0.4 is 0 Å². The number of rotatable bonds is 17. The van der Waals surface area contributed by atoms with Gasteiger partial charge in [0.05, 0.1) is 19.3 Å². The third-order valence-electron chi connectivity index (χ3n) is 4.25. The summed E-state index contributed by atoms with van der Waals surface area (Å²) in [6.07, 6.45) is 16.9. The number of aliphatic hydroxyl groups is 2. The van der Waals surface area contributed by atoms with Crippen LogP contribution in [0.3, 0.4) is 0 Å². The monoisotopic (exact) mass is 316 g/mol. The predicted molar refractivity (Wildman–Crippen MR) is 94.2 cm³/mol. The van der Waals surface area contributed by atoms with Crippen LogP contribution in [-0.4, -0.2) is 35.6 Å². The Morgan fingerprint density at radius 1 is 0.773 bits per heavy atom. The van der Waals surface area contributed by atoms with Crippen molar-refractivity contribution in [2.24, 2.45) is 0 Å². The Labute approximate surface area is 138 Å². The molecule has 1 unspecified atom stereocenters. The molecule has 134 valence electrons. The Bertz CT molecular complexity index is 209. The number of hydrogen-bond acceptors (Lipinski definition) is 3. The lowest BCUT2D eigenvalue weighted by Gasteiger charge is -2.15. The summed E-state index contributed by atoms with van der Waals surface area (Å²) in [5, 5.41) is 17.9. The summed E-state index contributed by atoms with van der Waals surface area (Å²) in [5.74, 6) is 0. The third-order valence-corrected chi connectivity index (χ3v) is 4.25. The number of hydrogen-bond donors (Lipinski definition) is 2. The van der Waals surface area contributed by atoms with E-state index < -0.39 is 6.10 Å². The second kappa shape index (κ2) is 17.2. The molecule has 0 aliphatic rings. The van der Waals surface area contributed by atoms with Gasteiger partial charge in [0.2, 0.25) is 0 Å². The van der Waals surface area contributed by atoms with Gasteiger partial charge in [-0.25, -0.2) is 0 Å². The Morgan fingerprint density at radius 3 is 1.68 bits per heavy atom. The van der Waals surface area contributed by atoms with E-state index in [-0.39, 0.29) is 19.3 Å². The standard InChI is InChI=1S/C19H40O3/c1-3-4-5-6-7-8-9-10-11-12-13-14-15-18(2)22-17-19(21)16-20/h18-21H,3-17H2,1-2H3/t18?,19-/m1/s1. The van der Waals surface area contributed by atoms with Gasteiger partial charge >= 0.3 is 0 Å². The number of aliphatic hydroxyl groups excluding tert-OH is 2. The van der Waals surface area contributed by atoms with Gasteiger partial charge in [-0.15, -0.1) is 0 Å². The minimum Gasteiger partial charge on any atom is -0.394 e. The summed E-state index contributed by atoms with van der Waals surface area (Å²) in [6, 6.07) is 0. The van der Waals surface area contributed by atoms with Crippen molar-refractivity contribution in [3.05, 3.63) is 0 Å².